The van der Waals surface area contributed by atoms with Gasteiger partial charge < -0.3 is 14.2 Å². The van der Waals surface area contributed by atoms with Crippen LogP contribution in [0.25, 0.3) is 0 Å². The van der Waals surface area contributed by atoms with Gasteiger partial charge in [-0.3, -0.25) is 5.32 Å². The summed E-state index contributed by atoms with van der Waals surface area (Å²) in [5.41, 5.74) is 1.44. The van der Waals surface area contributed by atoms with Gasteiger partial charge in [-0.25, -0.2) is 0 Å². The quantitative estimate of drug-likeness (QED) is 0.619. The molecule has 4 nitrogen and oxygen atoms in total. The summed E-state index contributed by atoms with van der Waals surface area (Å²) >= 11 is 0. The van der Waals surface area contributed by atoms with Crippen molar-refractivity contribution < 1.29 is 14.2 Å². The summed E-state index contributed by atoms with van der Waals surface area (Å²) in [4.78, 5) is 0. The predicted octanol–water partition coefficient (Wildman–Crippen LogP) is 2.80. The van der Waals surface area contributed by atoms with Gasteiger partial charge in [-0.2, -0.15) is 0 Å². The lowest BCUT2D eigenvalue weighted by Crippen LogP contribution is -2.49. The van der Waals surface area contributed by atoms with Crippen LogP contribution >= 0.6 is 0 Å². The maximum absolute atomic E-state index is 6.01. The van der Waals surface area contributed by atoms with E-state index in [-0.39, 0.29) is 12.4 Å². The first-order valence-electron chi connectivity index (χ1n) is 7.40. The molecule has 1 aromatic rings. The molecule has 1 aliphatic heterocycles. The van der Waals surface area contributed by atoms with E-state index in [9.17, 15) is 0 Å². The third kappa shape index (κ3) is 3.92. The van der Waals surface area contributed by atoms with Gasteiger partial charge in [0.25, 0.3) is 0 Å². The van der Waals surface area contributed by atoms with Crippen molar-refractivity contribution in [1.29, 1.82) is 0 Å². The van der Waals surface area contributed by atoms with Crippen LogP contribution < -0.4 is 5.32 Å². The average molecular weight is 291 g/mol. The molecule has 4 heteroatoms. The van der Waals surface area contributed by atoms with Crippen LogP contribution in [-0.4, -0.2) is 32.2 Å². The van der Waals surface area contributed by atoms with Crippen LogP contribution in [0.4, 0.5) is 0 Å². The van der Waals surface area contributed by atoms with E-state index in [4.69, 9.17) is 14.2 Å². The van der Waals surface area contributed by atoms with Gasteiger partial charge in [-0.15, -0.1) is 0 Å². The topological polar surface area (TPSA) is 39.7 Å². The third-order valence-electron chi connectivity index (χ3n) is 3.55. The van der Waals surface area contributed by atoms with E-state index in [2.05, 4.69) is 24.0 Å². The molecule has 116 valence electrons. The molecular weight excluding hydrogens is 266 g/mol. The van der Waals surface area contributed by atoms with E-state index in [1.165, 1.54) is 0 Å². The molecule has 2 rings (SSSR count). The summed E-state index contributed by atoms with van der Waals surface area (Å²) in [6, 6.07) is 10.1. The fourth-order valence-corrected chi connectivity index (χ4v) is 2.55. The van der Waals surface area contributed by atoms with Crippen molar-refractivity contribution >= 4 is 0 Å². The van der Waals surface area contributed by atoms with E-state index >= 15 is 0 Å². The van der Waals surface area contributed by atoms with Crippen molar-refractivity contribution in [2.24, 2.45) is 0 Å². The van der Waals surface area contributed by atoms with E-state index in [1.807, 2.05) is 39.0 Å². The van der Waals surface area contributed by atoms with Crippen molar-refractivity contribution in [2.45, 2.75) is 38.9 Å². The molecule has 0 aromatic heterocycles. The van der Waals surface area contributed by atoms with Crippen molar-refractivity contribution in [1.82, 2.24) is 5.32 Å². The highest BCUT2D eigenvalue weighted by atomic mass is 16.7. The van der Waals surface area contributed by atoms with Gasteiger partial charge in [-0.05, 0) is 20.8 Å². The highest BCUT2D eigenvalue weighted by molar-refractivity contribution is 5.24. The van der Waals surface area contributed by atoms with E-state index in [0.717, 1.165) is 17.7 Å². The molecule has 1 aliphatic rings. The molecule has 1 aromatic carbocycles. The van der Waals surface area contributed by atoms with Gasteiger partial charge in [0, 0.05) is 12.1 Å². The monoisotopic (exact) mass is 291 g/mol. The molecule has 21 heavy (non-hydrogen) atoms. The molecule has 3 unspecified atom stereocenters. The van der Waals surface area contributed by atoms with E-state index in [1.54, 1.807) is 0 Å². The Bertz CT molecular complexity index is 454. The summed E-state index contributed by atoms with van der Waals surface area (Å²) in [6.45, 7) is 11.6. The van der Waals surface area contributed by atoms with Crippen molar-refractivity contribution in [2.75, 3.05) is 19.8 Å². The zero-order chi connectivity index (χ0) is 15.3. The average Bonchev–Trinajstić information content (AvgIpc) is 2.97. The first kappa shape index (κ1) is 16.2. The molecule has 1 fully saturated rings. The van der Waals surface area contributed by atoms with Crippen LogP contribution in [0.5, 0.6) is 0 Å². The highest BCUT2D eigenvalue weighted by Gasteiger charge is 2.43. The summed E-state index contributed by atoms with van der Waals surface area (Å²) in [5, 5.41) is 3.44. The Morgan fingerprint density at radius 2 is 2.10 bits per heavy atom. The largest absolute Gasteiger partial charge is 0.352 e. The Morgan fingerprint density at radius 1 is 1.38 bits per heavy atom. The number of hydrogen-bond acceptors (Lipinski definition) is 4. The van der Waals surface area contributed by atoms with Crippen LogP contribution in [0.2, 0.25) is 0 Å². The van der Waals surface area contributed by atoms with Crippen molar-refractivity contribution in [3.05, 3.63) is 48.0 Å². The molecule has 1 heterocycles. The summed E-state index contributed by atoms with van der Waals surface area (Å²) < 4.78 is 17.6. The minimum Gasteiger partial charge on any atom is -0.352 e. The van der Waals surface area contributed by atoms with Gasteiger partial charge in [0.1, 0.15) is 6.10 Å². The maximum Gasteiger partial charge on any atom is 0.171 e. The normalized spacial score (nSPS) is 24.7. The summed E-state index contributed by atoms with van der Waals surface area (Å²) in [6.07, 6.45) is -0.495. The van der Waals surface area contributed by atoms with Gasteiger partial charge in [0.15, 0.2) is 12.0 Å². The molecule has 0 bridgehead atoms. The smallest absolute Gasteiger partial charge is 0.171 e. The van der Waals surface area contributed by atoms with Gasteiger partial charge in [0.2, 0.25) is 0 Å². The second-order valence-corrected chi connectivity index (χ2v) is 5.49. The molecule has 1 N–H and O–H groups in total. The SMILES string of the molecule is C=C(C)COC(C)OC(C)C1(c2ccccc2)NCCO1. The number of rotatable bonds is 7. The fraction of sp³-hybridized carbons (Fsp3) is 0.529. The zero-order valence-corrected chi connectivity index (χ0v) is 13.1. The van der Waals surface area contributed by atoms with E-state index < -0.39 is 5.72 Å². The van der Waals surface area contributed by atoms with Crippen molar-refractivity contribution in [3.63, 3.8) is 0 Å². The summed E-state index contributed by atoms with van der Waals surface area (Å²) in [5.74, 6) is 0. The number of hydrogen-bond donors (Lipinski definition) is 1. The number of ether oxygens (including phenoxy) is 3. The molecule has 1 saturated heterocycles. The Morgan fingerprint density at radius 3 is 2.67 bits per heavy atom. The number of nitrogens with one attached hydrogen (secondary N) is 1. The van der Waals surface area contributed by atoms with Gasteiger partial charge >= 0.3 is 0 Å². The molecule has 0 saturated carbocycles. The van der Waals surface area contributed by atoms with Crippen molar-refractivity contribution in [3.8, 4) is 0 Å². The predicted molar refractivity (Wildman–Crippen MR) is 82.8 cm³/mol. The zero-order valence-electron chi connectivity index (χ0n) is 13.1. The Kier molecular flexibility index (Phi) is 5.53. The van der Waals surface area contributed by atoms with Crippen LogP contribution in [0.15, 0.2) is 42.5 Å². The minimum absolute atomic E-state index is 0.178. The summed E-state index contributed by atoms with van der Waals surface area (Å²) in [7, 11) is 0. The Hall–Kier alpha value is -1.20. The molecule has 0 spiro atoms. The lowest BCUT2D eigenvalue weighted by Gasteiger charge is -2.36. The Labute approximate surface area is 127 Å². The fourth-order valence-electron chi connectivity index (χ4n) is 2.55. The van der Waals surface area contributed by atoms with Gasteiger partial charge in [0.05, 0.1) is 13.2 Å². The van der Waals surface area contributed by atoms with Crippen LogP contribution in [0, 0.1) is 0 Å². The third-order valence-corrected chi connectivity index (χ3v) is 3.55. The second kappa shape index (κ2) is 7.18. The molecule has 0 aliphatic carbocycles. The molecular formula is C17H25NO3. The van der Waals surface area contributed by atoms with Crippen LogP contribution in [0.1, 0.15) is 26.3 Å². The lowest BCUT2D eigenvalue weighted by molar-refractivity contribution is -0.211. The second-order valence-electron chi connectivity index (χ2n) is 5.49. The van der Waals surface area contributed by atoms with Gasteiger partial charge in [-0.1, -0.05) is 42.5 Å². The number of benzene rings is 1. The van der Waals surface area contributed by atoms with Crippen LogP contribution in [0.3, 0.4) is 0 Å². The first-order chi connectivity index (χ1) is 10.0. The first-order valence-corrected chi connectivity index (χ1v) is 7.40. The maximum atomic E-state index is 6.01. The lowest BCUT2D eigenvalue weighted by atomic mass is 9.98. The molecule has 0 amide bonds. The molecule has 3 atom stereocenters. The standard InChI is InChI=1S/C17H25NO3/c1-13(2)12-19-15(4)21-14(3)17(18-10-11-20-17)16-8-6-5-7-9-16/h5-9,14-15,18H,1,10-12H2,2-4H3. The van der Waals surface area contributed by atoms with Crippen LogP contribution in [-0.2, 0) is 19.9 Å². The molecule has 0 radical (unpaired) electrons. The van der Waals surface area contributed by atoms with E-state index in [0.29, 0.717) is 13.2 Å². The highest BCUT2D eigenvalue weighted by Crippen LogP contribution is 2.32. The minimum atomic E-state index is -0.609. The Balaban J connectivity index is 2.06.